The molecule has 2 aromatic carbocycles. The van der Waals surface area contributed by atoms with Gasteiger partial charge in [0.1, 0.15) is 11.5 Å². The summed E-state index contributed by atoms with van der Waals surface area (Å²) in [6.07, 6.45) is 1.77. The molecular weight excluding hydrogens is 371 g/mol. The zero-order chi connectivity index (χ0) is 19.7. The molecule has 144 valence electrons. The Bertz CT molecular complexity index is 1010. The molecule has 0 bridgehead atoms. The van der Waals surface area contributed by atoms with Crippen LogP contribution in [0.15, 0.2) is 47.0 Å². The van der Waals surface area contributed by atoms with Crippen LogP contribution < -0.4 is 10.2 Å². The summed E-state index contributed by atoms with van der Waals surface area (Å²) in [6, 6.07) is 9.27. The van der Waals surface area contributed by atoms with Crippen LogP contribution in [0.3, 0.4) is 0 Å². The van der Waals surface area contributed by atoms with Gasteiger partial charge in [-0.05, 0) is 37.1 Å². The molecule has 4 rings (SSSR count). The number of hydrogen-bond acceptors (Lipinski definition) is 4. The molecule has 1 saturated heterocycles. The Morgan fingerprint density at radius 3 is 2.36 bits per heavy atom. The lowest BCUT2D eigenvalue weighted by Crippen LogP contribution is -2.21. The Morgan fingerprint density at radius 2 is 1.68 bits per heavy atom. The van der Waals surface area contributed by atoms with Gasteiger partial charge in [-0.25, -0.2) is 13.2 Å². The number of benzene rings is 2. The van der Waals surface area contributed by atoms with Crippen LogP contribution in [-0.4, -0.2) is 24.2 Å². The third kappa shape index (κ3) is 3.45. The van der Waals surface area contributed by atoms with Crippen LogP contribution in [0.25, 0.3) is 11.3 Å². The van der Waals surface area contributed by atoms with Gasteiger partial charge < -0.3 is 14.7 Å². The van der Waals surface area contributed by atoms with E-state index < -0.39 is 23.4 Å². The fraction of sp³-hybridized carbons (Fsp3) is 0.200. The summed E-state index contributed by atoms with van der Waals surface area (Å²) in [4.78, 5) is 14.0. The highest BCUT2D eigenvalue weighted by molar-refractivity contribution is 6.03. The molecule has 1 aromatic heterocycles. The van der Waals surface area contributed by atoms with Crippen molar-refractivity contribution in [3.05, 3.63) is 65.6 Å². The maximum atomic E-state index is 14.4. The van der Waals surface area contributed by atoms with Gasteiger partial charge in [0.05, 0.1) is 5.56 Å². The van der Waals surface area contributed by atoms with Gasteiger partial charge in [-0.2, -0.15) is 0 Å². The molecule has 1 aliphatic heterocycles. The second-order valence-corrected chi connectivity index (χ2v) is 6.49. The number of hydrogen-bond donors (Lipinski definition) is 1. The van der Waals surface area contributed by atoms with Crippen molar-refractivity contribution >= 4 is 17.3 Å². The summed E-state index contributed by atoms with van der Waals surface area (Å²) in [5.74, 6) is -2.66. The zero-order valence-electron chi connectivity index (χ0n) is 14.7. The number of rotatable bonds is 4. The fourth-order valence-corrected chi connectivity index (χ4v) is 3.25. The number of amides is 1. The van der Waals surface area contributed by atoms with E-state index in [9.17, 15) is 18.0 Å². The molecule has 0 aliphatic carbocycles. The molecule has 8 heteroatoms. The summed E-state index contributed by atoms with van der Waals surface area (Å²) in [5, 5.41) is 5.99. The van der Waals surface area contributed by atoms with Gasteiger partial charge in [0, 0.05) is 24.8 Å². The van der Waals surface area contributed by atoms with E-state index in [1.54, 1.807) is 11.0 Å². The molecule has 1 N–H and O–H groups in total. The summed E-state index contributed by atoms with van der Waals surface area (Å²) in [6.45, 7) is 1.19. The average Bonchev–Trinajstić information content (AvgIpc) is 3.33. The number of aromatic nitrogens is 1. The van der Waals surface area contributed by atoms with E-state index in [0.717, 1.165) is 25.0 Å². The maximum Gasteiger partial charge on any atom is 0.277 e. The first-order chi connectivity index (χ1) is 13.5. The van der Waals surface area contributed by atoms with Gasteiger partial charge >= 0.3 is 0 Å². The van der Waals surface area contributed by atoms with Crippen molar-refractivity contribution in [2.45, 2.75) is 12.8 Å². The predicted molar refractivity (Wildman–Crippen MR) is 97.7 cm³/mol. The highest BCUT2D eigenvalue weighted by atomic mass is 19.1. The van der Waals surface area contributed by atoms with Crippen LogP contribution in [0.1, 0.15) is 23.3 Å². The normalized spacial score (nSPS) is 13.8. The Kier molecular flexibility index (Phi) is 4.77. The summed E-state index contributed by atoms with van der Waals surface area (Å²) >= 11 is 0. The largest absolute Gasteiger partial charge is 0.367 e. The average molecular weight is 387 g/mol. The van der Waals surface area contributed by atoms with Gasteiger partial charge in [-0.15, -0.1) is 0 Å². The lowest BCUT2D eigenvalue weighted by Gasteiger charge is -2.19. The molecule has 5 nitrogen and oxygen atoms in total. The smallest absolute Gasteiger partial charge is 0.277 e. The fourth-order valence-electron chi connectivity index (χ4n) is 3.25. The Morgan fingerprint density at radius 1 is 1.00 bits per heavy atom. The quantitative estimate of drug-likeness (QED) is 0.710. The first-order valence-corrected chi connectivity index (χ1v) is 8.80. The third-order valence-corrected chi connectivity index (χ3v) is 4.58. The lowest BCUT2D eigenvalue weighted by atomic mass is 10.1. The Hall–Kier alpha value is -3.29. The molecule has 0 radical (unpaired) electrons. The van der Waals surface area contributed by atoms with Gasteiger partial charge in [-0.3, -0.25) is 4.79 Å². The van der Waals surface area contributed by atoms with Crippen LogP contribution in [-0.2, 0) is 0 Å². The van der Waals surface area contributed by atoms with Crippen molar-refractivity contribution in [2.24, 2.45) is 0 Å². The van der Waals surface area contributed by atoms with Crippen LogP contribution >= 0.6 is 0 Å². The monoisotopic (exact) mass is 387 g/mol. The van der Waals surface area contributed by atoms with E-state index in [-0.39, 0.29) is 28.4 Å². The van der Waals surface area contributed by atoms with Gasteiger partial charge in [0.2, 0.25) is 0 Å². The van der Waals surface area contributed by atoms with Crippen molar-refractivity contribution in [1.29, 1.82) is 0 Å². The summed E-state index contributed by atoms with van der Waals surface area (Å²) in [7, 11) is 0. The molecule has 1 aliphatic rings. The molecule has 2 heterocycles. The number of carbonyl (C=O) groups excluding carboxylic acids is 1. The van der Waals surface area contributed by atoms with Crippen molar-refractivity contribution < 1.29 is 22.5 Å². The summed E-state index contributed by atoms with van der Waals surface area (Å²) < 4.78 is 47.6. The molecule has 1 amide bonds. The minimum Gasteiger partial charge on any atom is -0.367 e. The SMILES string of the molecule is O=C(Nc1cc(F)c(N2CCCC2)c(F)c1)c1cc(-c2ccccc2F)on1. The van der Waals surface area contributed by atoms with Crippen molar-refractivity contribution in [2.75, 3.05) is 23.3 Å². The highest BCUT2D eigenvalue weighted by Gasteiger charge is 2.22. The van der Waals surface area contributed by atoms with Crippen LogP contribution in [0.2, 0.25) is 0 Å². The Labute approximate surface area is 158 Å². The Balaban J connectivity index is 1.53. The van der Waals surface area contributed by atoms with Gasteiger partial charge in [0.15, 0.2) is 23.1 Å². The van der Waals surface area contributed by atoms with E-state index in [1.807, 2.05) is 0 Å². The molecule has 0 unspecified atom stereocenters. The topological polar surface area (TPSA) is 58.4 Å². The molecule has 0 atom stereocenters. The minimum absolute atomic E-state index is 0.0432. The molecule has 1 fully saturated rings. The number of nitrogens with zero attached hydrogens (tertiary/aromatic N) is 2. The van der Waals surface area contributed by atoms with Crippen LogP contribution in [0.4, 0.5) is 24.5 Å². The molecule has 3 aromatic rings. The van der Waals surface area contributed by atoms with E-state index >= 15 is 0 Å². The molecule has 0 spiro atoms. The van der Waals surface area contributed by atoms with Crippen molar-refractivity contribution in [3.8, 4) is 11.3 Å². The van der Waals surface area contributed by atoms with Crippen molar-refractivity contribution in [1.82, 2.24) is 5.16 Å². The minimum atomic E-state index is -0.746. The number of halogens is 3. The third-order valence-electron chi connectivity index (χ3n) is 4.58. The second kappa shape index (κ2) is 7.38. The van der Waals surface area contributed by atoms with E-state index in [4.69, 9.17) is 4.52 Å². The van der Waals surface area contributed by atoms with Crippen LogP contribution in [0.5, 0.6) is 0 Å². The van der Waals surface area contributed by atoms with Crippen molar-refractivity contribution in [3.63, 3.8) is 0 Å². The first-order valence-electron chi connectivity index (χ1n) is 8.80. The highest BCUT2D eigenvalue weighted by Crippen LogP contribution is 2.30. The first kappa shape index (κ1) is 18.1. The second-order valence-electron chi connectivity index (χ2n) is 6.49. The summed E-state index contributed by atoms with van der Waals surface area (Å²) in [5.41, 5.74) is -0.110. The van der Waals surface area contributed by atoms with Gasteiger partial charge in [0.25, 0.3) is 5.91 Å². The number of anilines is 2. The predicted octanol–water partition coefficient (Wildman–Crippen LogP) is 4.61. The molecule has 28 heavy (non-hydrogen) atoms. The standard InChI is InChI=1S/C20H16F3N3O2/c21-14-6-2-1-5-13(14)18-11-17(25-28-18)20(27)24-12-9-15(22)19(16(23)10-12)26-7-3-4-8-26/h1-2,5-6,9-11H,3-4,7-8H2,(H,24,27). The molecule has 0 saturated carbocycles. The van der Waals surface area contributed by atoms with Crippen LogP contribution in [0, 0.1) is 17.5 Å². The van der Waals surface area contributed by atoms with E-state index in [0.29, 0.717) is 13.1 Å². The van der Waals surface area contributed by atoms with Gasteiger partial charge in [-0.1, -0.05) is 17.3 Å². The molecular formula is C20H16F3N3O2. The lowest BCUT2D eigenvalue weighted by molar-refractivity contribution is 0.101. The van der Waals surface area contributed by atoms with E-state index in [2.05, 4.69) is 10.5 Å². The zero-order valence-corrected chi connectivity index (χ0v) is 14.7. The number of nitrogens with one attached hydrogen (secondary N) is 1. The van der Waals surface area contributed by atoms with E-state index in [1.165, 1.54) is 24.3 Å². The number of carbonyl (C=O) groups is 1. The maximum absolute atomic E-state index is 14.4.